The first-order chi connectivity index (χ1) is 11.2. The standard InChI is InChI=1S/C15H17N5O3/c1-2-22-15(21)12-7-17-14-11(8-18-19-14)13(12)20-5-6-23-10(9-20)3-4-16/h7-8,10H,2-3,5-6,9H2,1H3,(H,17,18,19)/t10-/m0/s1. The van der Waals surface area contributed by atoms with Gasteiger partial charge in [0.1, 0.15) is 5.56 Å². The molecule has 8 heteroatoms. The summed E-state index contributed by atoms with van der Waals surface area (Å²) in [5, 5.41) is 16.5. The molecule has 0 unspecified atom stereocenters. The Morgan fingerprint density at radius 3 is 3.26 bits per heavy atom. The molecule has 1 saturated heterocycles. The number of nitrogens with one attached hydrogen (secondary N) is 1. The lowest BCUT2D eigenvalue weighted by atomic mass is 10.1. The lowest BCUT2D eigenvalue weighted by Gasteiger charge is -2.34. The number of nitriles is 1. The SMILES string of the molecule is CCOC(=O)c1cnc2[nH]ncc2c1N1CCO[C@@H](CC#N)C1. The number of hydrogen-bond donors (Lipinski definition) is 1. The zero-order chi connectivity index (χ0) is 16.2. The Bertz CT molecular complexity index is 751. The zero-order valence-electron chi connectivity index (χ0n) is 12.8. The summed E-state index contributed by atoms with van der Waals surface area (Å²) < 4.78 is 10.7. The first-order valence-electron chi connectivity index (χ1n) is 7.47. The summed E-state index contributed by atoms with van der Waals surface area (Å²) in [4.78, 5) is 18.5. The molecule has 8 nitrogen and oxygen atoms in total. The maximum atomic E-state index is 12.3. The van der Waals surface area contributed by atoms with Crippen molar-refractivity contribution in [3.05, 3.63) is 18.0 Å². The van der Waals surface area contributed by atoms with Gasteiger partial charge in [0.05, 0.1) is 49.1 Å². The average molecular weight is 315 g/mol. The largest absolute Gasteiger partial charge is 0.462 e. The highest BCUT2D eigenvalue weighted by atomic mass is 16.5. The molecule has 0 aromatic carbocycles. The van der Waals surface area contributed by atoms with Gasteiger partial charge in [0.2, 0.25) is 0 Å². The third kappa shape index (κ3) is 2.96. The van der Waals surface area contributed by atoms with E-state index in [1.807, 2.05) is 4.90 Å². The number of carbonyl (C=O) groups is 1. The number of ether oxygens (including phenoxy) is 2. The van der Waals surface area contributed by atoms with Gasteiger partial charge in [0.15, 0.2) is 5.65 Å². The van der Waals surface area contributed by atoms with Crippen molar-refractivity contribution in [3.63, 3.8) is 0 Å². The number of rotatable bonds is 4. The highest BCUT2D eigenvalue weighted by Gasteiger charge is 2.27. The highest BCUT2D eigenvalue weighted by Crippen LogP contribution is 2.30. The molecule has 0 radical (unpaired) electrons. The molecule has 0 saturated carbocycles. The fourth-order valence-electron chi connectivity index (χ4n) is 2.73. The summed E-state index contributed by atoms with van der Waals surface area (Å²) in [5.74, 6) is -0.415. The monoisotopic (exact) mass is 315 g/mol. The number of morpholine rings is 1. The number of pyridine rings is 1. The number of nitrogens with zero attached hydrogens (tertiary/aromatic N) is 4. The molecule has 23 heavy (non-hydrogen) atoms. The quantitative estimate of drug-likeness (QED) is 0.847. The fourth-order valence-corrected chi connectivity index (χ4v) is 2.73. The van der Waals surface area contributed by atoms with Gasteiger partial charge in [-0.15, -0.1) is 0 Å². The molecule has 0 spiro atoms. The van der Waals surface area contributed by atoms with Gasteiger partial charge in [-0.1, -0.05) is 0 Å². The summed E-state index contributed by atoms with van der Waals surface area (Å²) in [7, 11) is 0. The average Bonchev–Trinajstić information content (AvgIpc) is 3.03. The molecule has 1 fully saturated rings. The van der Waals surface area contributed by atoms with Crippen molar-refractivity contribution in [2.75, 3.05) is 31.2 Å². The molecular weight excluding hydrogens is 298 g/mol. The summed E-state index contributed by atoms with van der Waals surface area (Å²) in [6.45, 7) is 3.71. The number of aromatic amines is 1. The highest BCUT2D eigenvalue weighted by molar-refractivity contribution is 6.04. The molecule has 1 atom stereocenters. The lowest BCUT2D eigenvalue weighted by Crippen LogP contribution is -2.43. The van der Waals surface area contributed by atoms with Crippen LogP contribution in [0.5, 0.6) is 0 Å². The van der Waals surface area contributed by atoms with Crippen LogP contribution >= 0.6 is 0 Å². The Morgan fingerprint density at radius 1 is 1.61 bits per heavy atom. The van der Waals surface area contributed by atoms with Crippen molar-refractivity contribution >= 4 is 22.7 Å². The van der Waals surface area contributed by atoms with Crippen molar-refractivity contribution in [1.29, 1.82) is 5.26 Å². The second-order valence-electron chi connectivity index (χ2n) is 5.17. The van der Waals surface area contributed by atoms with E-state index in [4.69, 9.17) is 14.7 Å². The van der Waals surface area contributed by atoms with Crippen LogP contribution in [0.2, 0.25) is 0 Å². The third-order valence-electron chi connectivity index (χ3n) is 3.72. The van der Waals surface area contributed by atoms with Gasteiger partial charge in [0, 0.05) is 19.3 Å². The molecule has 2 aromatic rings. The molecule has 0 bridgehead atoms. The van der Waals surface area contributed by atoms with Crippen molar-refractivity contribution in [2.45, 2.75) is 19.4 Å². The number of anilines is 1. The van der Waals surface area contributed by atoms with E-state index in [0.29, 0.717) is 43.9 Å². The summed E-state index contributed by atoms with van der Waals surface area (Å²) in [5.41, 5.74) is 1.74. The van der Waals surface area contributed by atoms with Crippen LogP contribution < -0.4 is 4.90 Å². The zero-order valence-corrected chi connectivity index (χ0v) is 12.8. The second kappa shape index (κ2) is 6.62. The van der Waals surface area contributed by atoms with Crippen molar-refractivity contribution < 1.29 is 14.3 Å². The number of H-pyrrole nitrogens is 1. The number of aromatic nitrogens is 3. The van der Waals surface area contributed by atoms with E-state index >= 15 is 0 Å². The minimum absolute atomic E-state index is 0.182. The van der Waals surface area contributed by atoms with Gasteiger partial charge in [-0.25, -0.2) is 9.78 Å². The first-order valence-corrected chi connectivity index (χ1v) is 7.47. The Morgan fingerprint density at radius 2 is 2.48 bits per heavy atom. The van der Waals surface area contributed by atoms with E-state index in [0.717, 1.165) is 11.1 Å². The molecule has 1 aliphatic rings. The maximum Gasteiger partial charge on any atom is 0.341 e. The molecule has 0 amide bonds. The normalized spacial score (nSPS) is 17.9. The second-order valence-corrected chi connectivity index (χ2v) is 5.17. The third-order valence-corrected chi connectivity index (χ3v) is 3.72. The van der Waals surface area contributed by atoms with Gasteiger partial charge in [-0.2, -0.15) is 10.4 Å². The van der Waals surface area contributed by atoms with Crippen LogP contribution in [-0.2, 0) is 9.47 Å². The summed E-state index contributed by atoms with van der Waals surface area (Å²) in [6, 6.07) is 2.13. The lowest BCUT2D eigenvalue weighted by molar-refractivity contribution is 0.0431. The van der Waals surface area contributed by atoms with E-state index < -0.39 is 5.97 Å². The molecular formula is C15H17N5O3. The summed E-state index contributed by atoms with van der Waals surface area (Å²) in [6.07, 6.45) is 3.28. The van der Waals surface area contributed by atoms with Gasteiger partial charge >= 0.3 is 5.97 Å². The smallest absolute Gasteiger partial charge is 0.341 e. The number of carbonyl (C=O) groups excluding carboxylic acids is 1. The van der Waals surface area contributed by atoms with Crippen LogP contribution in [0.15, 0.2) is 12.4 Å². The van der Waals surface area contributed by atoms with Gasteiger partial charge in [-0.3, -0.25) is 5.10 Å². The predicted molar refractivity (Wildman–Crippen MR) is 82.0 cm³/mol. The summed E-state index contributed by atoms with van der Waals surface area (Å²) >= 11 is 0. The van der Waals surface area contributed by atoms with Gasteiger partial charge < -0.3 is 14.4 Å². The van der Waals surface area contributed by atoms with Crippen LogP contribution in [0.4, 0.5) is 5.69 Å². The fraction of sp³-hybridized carbons (Fsp3) is 0.467. The number of esters is 1. The molecule has 3 heterocycles. The van der Waals surface area contributed by atoms with Crippen LogP contribution in [-0.4, -0.2) is 53.6 Å². The Hall–Kier alpha value is -2.66. The van der Waals surface area contributed by atoms with E-state index in [-0.39, 0.29) is 6.10 Å². The molecule has 120 valence electrons. The van der Waals surface area contributed by atoms with Crippen LogP contribution in [0.3, 0.4) is 0 Å². The van der Waals surface area contributed by atoms with E-state index in [9.17, 15) is 4.79 Å². The minimum Gasteiger partial charge on any atom is -0.462 e. The van der Waals surface area contributed by atoms with Crippen LogP contribution in [0.25, 0.3) is 11.0 Å². The van der Waals surface area contributed by atoms with Gasteiger partial charge in [-0.05, 0) is 6.92 Å². The van der Waals surface area contributed by atoms with Crippen molar-refractivity contribution in [2.24, 2.45) is 0 Å². The van der Waals surface area contributed by atoms with Crippen molar-refractivity contribution in [3.8, 4) is 6.07 Å². The minimum atomic E-state index is -0.415. The van der Waals surface area contributed by atoms with E-state index in [2.05, 4.69) is 21.3 Å². The van der Waals surface area contributed by atoms with E-state index in [1.54, 1.807) is 13.1 Å². The Labute approximate surface area is 133 Å². The van der Waals surface area contributed by atoms with E-state index in [1.165, 1.54) is 6.20 Å². The van der Waals surface area contributed by atoms with Gasteiger partial charge in [0.25, 0.3) is 0 Å². The molecule has 0 aliphatic carbocycles. The van der Waals surface area contributed by atoms with Crippen LogP contribution in [0.1, 0.15) is 23.7 Å². The van der Waals surface area contributed by atoms with Crippen LogP contribution in [0, 0.1) is 11.3 Å². The number of hydrogen-bond acceptors (Lipinski definition) is 7. The molecule has 1 aliphatic heterocycles. The molecule has 3 rings (SSSR count). The Balaban J connectivity index is 2.03. The number of fused-ring (bicyclic) bond motifs is 1. The van der Waals surface area contributed by atoms with Crippen molar-refractivity contribution in [1.82, 2.24) is 15.2 Å². The maximum absolute atomic E-state index is 12.3. The molecule has 2 aromatic heterocycles. The Kier molecular flexibility index (Phi) is 4.39. The molecule has 1 N–H and O–H groups in total. The predicted octanol–water partition coefficient (Wildman–Crippen LogP) is 1.25. The topological polar surface area (TPSA) is 104 Å². The first kappa shape index (κ1) is 15.2.